The third-order valence-electron chi connectivity index (χ3n) is 1.76. The van der Waals surface area contributed by atoms with Gasteiger partial charge >= 0.3 is 0 Å². The first-order valence-electron chi connectivity index (χ1n) is 3.90. The van der Waals surface area contributed by atoms with E-state index in [9.17, 15) is 4.79 Å². The summed E-state index contributed by atoms with van der Waals surface area (Å²) in [7, 11) is 0. The molecule has 1 saturated heterocycles. The maximum atomic E-state index is 11.2. The van der Waals surface area contributed by atoms with Crippen molar-refractivity contribution in [3.05, 3.63) is 0 Å². The quantitative estimate of drug-likeness (QED) is 0.620. The predicted molar refractivity (Wildman–Crippen MR) is 45.2 cm³/mol. The highest BCUT2D eigenvalue weighted by Crippen LogP contribution is 2.28. The minimum atomic E-state index is -0.661. The van der Waals surface area contributed by atoms with E-state index in [4.69, 9.17) is 21.1 Å². The van der Waals surface area contributed by atoms with E-state index in [1.807, 2.05) is 6.92 Å². The molecule has 1 heterocycles. The van der Waals surface area contributed by atoms with E-state index in [1.54, 1.807) is 13.8 Å². The molecule has 0 aliphatic carbocycles. The van der Waals surface area contributed by atoms with Gasteiger partial charge in [-0.3, -0.25) is 4.79 Å². The van der Waals surface area contributed by atoms with Crippen molar-refractivity contribution >= 4 is 17.4 Å². The molecule has 0 bridgehead atoms. The molecule has 0 amide bonds. The van der Waals surface area contributed by atoms with Gasteiger partial charge in [-0.15, -0.1) is 11.6 Å². The minimum Gasteiger partial charge on any atom is -0.344 e. The van der Waals surface area contributed by atoms with Gasteiger partial charge in [-0.05, 0) is 20.8 Å². The van der Waals surface area contributed by atoms with E-state index < -0.39 is 11.9 Å². The molecule has 0 aromatic rings. The molecule has 1 aliphatic rings. The highest BCUT2D eigenvalue weighted by Gasteiger charge is 2.41. The molecule has 0 aromatic heterocycles. The summed E-state index contributed by atoms with van der Waals surface area (Å²) in [5, 5.41) is 0. The Morgan fingerprint density at radius 3 is 2.42 bits per heavy atom. The smallest absolute Gasteiger partial charge is 0.179 e. The summed E-state index contributed by atoms with van der Waals surface area (Å²) < 4.78 is 10.7. The van der Waals surface area contributed by atoms with Crippen LogP contribution in [0.5, 0.6) is 0 Å². The Kier molecular flexibility index (Phi) is 2.76. The van der Waals surface area contributed by atoms with Crippen LogP contribution in [-0.2, 0) is 14.3 Å². The first kappa shape index (κ1) is 9.96. The second-order valence-electron chi connectivity index (χ2n) is 3.36. The maximum Gasteiger partial charge on any atom is 0.179 e. The van der Waals surface area contributed by atoms with Gasteiger partial charge in [0.25, 0.3) is 0 Å². The monoisotopic (exact) mass is 192 g/mol. The third kappa shape index (κ3) is 1.97. The molecular weight excluding hydrogens is 180 g/mol. The summed E-state index contributed by atoms with van der Waals surface area (Å²) in [6.45, 7) is 5.37. The SMILES string of the molecule is C[C@@H]1OC(C)(C)O[C@@H]1C(=O)CCl. The average molecular weight is 193 g/mol. The summed E-state index contributed by atoms with van der Waals surface area (Å²) in [6.07, 6.45) is -0.705. The van der Waals surface area contributed by atoms with Crippen molar-refractivity contribution in [2.24, 2.45) is 0 Å². The van der Waals surface area contributed by atoms with Gasteiger partial charge in [0.2, 0.25) is 0 Å². The fourth-order valence-corrected chi connectivity index (χ4v) is 1.49. The molecule has 0 spiro atoms. The Balaban J connectivity index is 2.64. The Labute approximate surface area is 77.0 Å². The third-order valence-corrected chi connectivity index (χ3v) is 2.02. The van der Waals surface area contributed by atoms with Crippen molar-refractivity contribution in [3.8, 4) is 0 Å². The zero-order chi connectivity index (χ0) is 9.35. The van der Waals surface area contributed by atoms with Crippen LogP contribution in [-0.4, -0.2) is 29.7 Å². The minimum absolute atomic E-state index is 0.0194. The molecule has 3 nitrogen and oxygen atoms in total. The summed E-state index contributed by atoms with van der Waals surface area (Å²) in [5.41, 5.74) is 0. The number of ether oxygens (including phenoxy) is 2. The molecule has 0 N–H and O–H groups in total. The van der Waals surface area contributed by atoms with E-state index >= 15 is 0 Å². The van der Waals surface area contributed by atoms with Gasteiger partial charge in [0.15, 0.2) is 11.6 Å². The first-order valence-corrected chi connectivity index (χ1v) is 4.44. The first-order chi connectivity index (χ1) is 5.46. The molecule has 0 saturated carbocycles. The van der Waals surface area contributed by atoms with Crippen LogP contribution in [0.4, 0.5) is 0 Å². The zero-order valence-corrected chi connectivity index (χ0v) is 8.22. The largest absolute Gasteiger partial charge is 0.344 e. The van der Waals surface area contributed by atoms with E-state index in [0.29, 0.717) is 0 Å². The van der Waals surface area contributed by atoms with Gasteiger partial charge < -0.3 is 9.47 Å². The van der Waals surface area contributed by atoms with Gasteiger partial charge in [-0.25, -0.2) is 0 Å². The highest BCUT2D eigenvalue weighted by molar-refractivity contribution is 6.28. The number of hydrogen-bond acceptors (Lipinski definition) is 3. The molecule has 1 fully saturated rings. The molecule has 0 radical (unpaired) electrons. The summed E-state index contributed by atoms with van der Waals surface area (Å²) >= 11 is 5.41. The van der Waals surface area contributed by atoms with Crippen molar-refractivity contribution in [3.63, 3.8) is 0 Å². The number of hydrogen-bond donors (Lipinski definition) is 0. The van der Waals surface area contributed by atoms with Crippen LogP contribution in [0.2, 0.25) is 0 Å². The summed E-state index contributed by atoms with van der Waals surface area (Å²) in [4.78, 5) is 11.2. The molecule has 1 rings (SSSR count). The molecule has 4 heteroatoms. The lowest BCUT2D eigenvalue weighted by Gasteiger charge is -2.15. The Bertz CT molecular complexity index is 191. The zero-order valence-electron chi connectivity index (χ0n) is 7.46. The summed E-state index contributed by atoms with van der Waals surface area (Å²) in [5.74, 6) is -0.796. The van der Waals surface area contributed by atoms with Crippen LogP contribution in [0.15, 0.2) is 0 Å². The molecule has 12 heavy (non-hydrogen) atoms. The lowest BCUT2D eigenvalue weighted by molar-refractivity contribution is -0.153. The fraction of sp³-hybridized carbons (Fsp3) is 0.875. The standard InChI is InChI=1S/C8H13ClO3/c1-5-7(6(10)4-9)12-8(2,3)11-5/h5,7H,4H2,1-3H3/t5-,7-/m0/s1. The van der Waals surface area contributed by atoms with Crippen LogP contribution >= 0.6 is 11.6 Å². The maximum absolute atomic E-state index is 11.2. The number of rotatable bonds is 2. The van der Waals surface area contributed by atoms with E-state index in [-0.39, 0.29) is 17.8 Å². The Hall–Kier alpha value is -0.120. The molecule has 1 aliphatic heterocycles. The molecule has 0 unspecified atom stereocenters. The van der Waals surface area contributed by atoms with Gasteiger partial charge in [0, 0.05) is 0 Å². The lowest BCUT2D eigenvalue weighted by Crippen LogP contribution is -2.30. The van der Waals surface area contributed by atoms with Crippen LogP contribution in [0.1, 0.15) is 20.8 Å². The van der Waals surface area contributed by atoms with Crippen molar-refractivity contribution in [2.75, 3.05) is 5.88 Å². The number of carbonyl (C=O) groups is 1. The van der Waals surface area contributed by atoms with Crippen LogP contribution in [0.3, 0.4) is 0 Å². The van der Waals surface area contributed by atoms with Crippen molar-refractivity contribution in [1.29, 1.82) is 0 Å². The van der Waals surface area contributed by atoms with Crippen LogP contribution < -0.4 is 0 Å². The molecule has 0 aromatic carbocycles. The number of halogens is 1. The van der Waals surface area contributed by atoms with Gasteiger partial charge in [0.1, 0.15) is 6.10 Å². The van der Waals surface area contributed by atoms with Crippen LogP contribution in [0, 0.1) is 0 Å². The Morgan fingerprint density at radius 1 is 1.50 bits per heavy atom. The number of carbonyl (C=O) groups excluding carboxylic acids is 1. The lowest BCUT2D eigenvalue weighted by atomic mass is 10.2. The number of Topliss-reactive ketones (excluding diaryl/α,β-unsaturated/α-hetero) is 1. The molecular formula is C8H13ClO3. The van der Waals surface area contributed by atoms with E-state index in [0.717, 1.165) is 0 Å². The van der Waals surface area contributed by atoms with E-state index in [1.165, 1.54) is 0 Å². The van der Waals surface area contributed by atoms with E-state index in [2.05, 4.69) is 0 Å². The number of ketones is 1. The van der Waals surface area contributed by atoms with Crippen molar-refractivity contribution in [1.82, 2.24) is 0 Å². The molecule has 2 atom stereocenters. The highest BCUT2D eigenvalue weighted by atomic mass is 35.5. The van der Waals surface area contributed by atoms with Gasteiger partial charge in [-0.1, -0.05) is 0 Å². The number of alkyl halides is 1. The van der Waals surface area contributed by atoms with Crippen LogP contribution in [0.25, 0.3) is 0 Å². The van der Waals surface area contributed by atoms with Crippen molar-refractivity contribution in [2.45, 2.75) is 38.8 Å². The topological polar surface area (TPSA) is 35.5 Å². The normalized spacial score (nSPS) is 33.7. The Morgan fingerprint density at radius 2 is 2.08 bits per heavy atom. The molecule has 70 valence electrons. The van der Waals surface area contributed by atoms with Gasteiger partial charge in [-0.2, -0.15) is 0 Å². The second-order valence-corrected chi connectivity index (χ2v) is 3.63. The fourth-order valence-electron chi connectivity index (χ4n) is 1.34. The van der Waals surface area contributed by atoms with Gasteiger partial charge in [0.05, 0.1) is 12.0 Å². The summed E-state index contributed by atoms with van der Waals surface area (Å²) in [6, 6.07) is 0. The second kappa shape index (κ2) is 3.32. The average Bonchev–Trinajstić information content (AvgIpc) is 2.23. The predicted octanol–water partition coefficient (Wildman–Crippen LogP) is 1.33. The van der Waals surface area contributed by atoms with Crippen molar-refractivity contribution < 1.29 is 14.3 Å².